The van der Waals surface area contributed by atoms with Gasteiger partial charge in [0.1, 0.15) is 4.88 Å². The zero-order valence-electron chi connectivity index (χ0n) is 13.4. The molecular formula is C17H18N2O4S. The number of carbonyl (C=O) groups is 3. The Morgan fingerprint density at radius 2 is 1.83 bits per heavy atom. The largest absolute Gasteiger partial charge is 0.448 e. The van der Waals surface area contributed by atoms with Gasteiger partial charge in [-0.2, -0.15) is 0 Å². The molecule has 1 aromatic heterocycles. The van der Waals surface area contributed by atoms with E-state index in [1.165, 1.54) is 18.3 Å². The molecule has 0 spiro atoms. The van der Waals surface area contributed by atoms with E-state index in [1.807, 2.05) is 36.4 Å². The summed E-state index contributed by atoms with van der Waals surface area (Å²) in [5.74, 6) is -1.27. The lowest BCUT2D eigenvalue weighted by atomic mass is 10.2. The Labute approximate surface area is 143 Å². The molecule has 1 heterocycles. The van der Waals surface area contributed by atoms with Gasteiger partial charge in [0.05, 0.1) is 0 Å². The van der Waals surface area contributed by atoms with Crippen molar-refractivity contribution in [2.24, 2.45) is 0 Å². The maximum absolute atomic E-state index is 12.1. The fourth-order valence-electron chi connectivity index (χ4n) is 1.90. The summed E-state index contributed by atoms with van der Waals surface area (Å²) in [6.07, 6.45) is -1.07. The monoisotopic (exact) mass is 346 g/mol. The Morgan fingerprint density at radius 1 is 1.12 bits per heavy atom. The number of amides is 3. The first-order valence-corrected chi connectivity index (χ1v) is 8.27. The van der Waals surface area contributed by atoms with Gasteiger partial charge < -0.3 is 10.1 Å². The van der Waals surface area contributed by atoms with Gasteiger partial charge in [-0.05, 0) is 31.5 Å². The molecule has 126 valence electrons. The molecule has 2 rings (SSSR count). The van der Waals surface area contributed by atoms with E-state index >= 15 is 0 Å². The molecule has 6 nitrogen and oxygen atoms in total. The number of urea groups is 1. The van der Waals surface area contributed by atoms with E-state index in [0.717, 1.165) is 10.4 Å². The number of hydrogen-bond donors (Lipinski definition) is 2. The number of esters is 1. The topological polar surface area (TPSA) is 84.5 Å². The molecule has 2 N–H and O–H groups in total. The second kappa shape index (κ2) is 8.26. The van der Waals surface area contributed by atoms with Gasteiger partial charge in [-0.15, -0.1) is 11.3 Å². The smallest absolute Gasteiger partial charge is 0.349 e. The standard InChI is InChI=1S/C17H18N2O4S/c1-3-18-17(22)19-15(20)11(2)23-16(21)14-10-9-13(24-14)12-7-5-4-6-8-12/h4-11H,3H2,1-2H3,(H2,18,19,20,22)/t11-/m0/s1. The van der Waals surface area contributed by atoms with Gasteiger partial charge in [-0.25, -0.2) is 9.59 Å². The molecule has 24 heavy (non-hydrogen) atoms. The van der Waals surface area contributed by atoms with Crippen LogP contribution in [0.3, 0.4) is 0 Å². The predicted molar refractivity (Wildman–Crippen MR) is 91.8 cm³/mol. The number of hydrogen-bond acceptors (Lipinski definition) is 5. The van der Waals surface area contributed by atoms with Crippen LogP contribution in [-0.4, -0.2) is 30.6 Å². The Kier molecular flexibility index (Phi) is 6.08. The highest BCUT2D eigenvalue weighted by molar-refractivity contribution is 7.17. The fourth-order valence-corrected chi connectivity index (χ4v) is 2.79. The maximum Gasteiger partial charge on any atom is 0.349 e. The molecule has 2 aromatic rings. The highest BCUT2D eigenvalue weighted by Crippen LogP contribution is 2.28. The van der Waals surface area contributed by atoms with Crippen LogP contribution >= 0.6 is 11.3 Å². The van der Waals surface area contributed by atoms with Gasteiger partial charge in [-0.1, -0.05) is 30.3 Å². The van der Waals surface area contributed by atoms with Crippen LogP contribution in [0.5, 0.6) is 0 Å². The molecule has 0 aliphatic carbocycles. The number of ether oxygens (including phenoxy) is 1. The van der Waals surface area contributed by atoms with Crippen molar-refractivity contribution in [1.82, 2.24) is 10.6 Å². The van der Waals surface area contributed by atoms with E-state index < -0.39 is 24.0 Å². The van der Waals surface area contributed by atoms with Crippen molar-refractivity contribution in [2.75, 3.05) is 6.54 Å². The highest BCUT2D eigenvalue weighted by Gasteiger charge is 2.21. The third kappa shape index (κ3) is 4.66. The molecule has 7 heteroatoms. The Balaban J connectivity index is 1.96. The van der Waals surface area contributed by atoms with Crippen LogP contribution in [0.1, 0.15) is 23.5 Å². The van der Waals surface area contributed by atoms with Gasteiger partial charge in [0.2, 0.25) is 0 Å². The Bertz CT molecular complexity index is 727. The minimum atomic E-state index is -1.07. The van der Waals surface area contributed by atoms with Crippen molar-refractivity contribution in [3.05, 3.63) is 47.3 Å². The number of rotatable bonds is 5. The van der Waals surface area contributed by atoms with Crippen molar-refractivity contribution in [3.63, 3.8) is 0 Å². The van der Waals surface area contributed by atoms with E-state index in [-0.39, 0.29) is 0 Å². The fraction of sp³-hybridized carbons (Fsp3) is 0.235. The summed E-state index contributed by atoms with van der Waals surface area (Å²) in [6.45, 7) is 3.54. The molecule has 0 radical (unpaired) electrons. The van der Waals surface area contributed by atoms with Crippen molar-refractivity contribution in [1.29, 1.82) is 0 Å². The molecule has 1 aromatic carbocycles. The van der Waals surface area contributed by atoms with Crippen molar-refractivity contribution >= 4 is 29.2 Å². The van der Waals surface area contributed by atoms with Crippen LogP contribution in [0, 0.1) is 0 Å². The summed E-state index contributed by atoms with van der Waals surface area (Å²) < 4.78 is 5.11. The second-order valence-corrected chi connectivity index (χ2v) is 6.01. The van der Waals surface area contributed by atoms with Crippen molar-refractivity contribution in [2.45, 2.75) is 20.0 Å². The average molecular weight is 346 g/mol. The first kappa shape index (κ1) is 17.7. The number of thiophene rings is 1. The molecular weight excluding hydrogens is 328 g/mol. The van der Waals surface area contributed by atoms with Crippen LogP contribution in [0.25, 0.3) is 10.4 Å². The third-order valence-corrected chi connectivity index (χ3v) is 4.21. The van der Waals surface area contributed by atoms with Crippen LogP contribution in [-0.2, 0) is 9.53 Å². The van der Waals surface area contributed by atoms with Crippen LogP contribution in [0.15, 0.2) is 42.5 Å². The molecule has 3 amide bonds. The van der Waals surface area contributed by atoms with Gasteiger partial charge >= 0.3 is 12.0 Å². The van der Waals surface area contributed by atoms with E-state index in [9.17, 15) is 14.4 Å². The van der Waals surface area contributed by atoms with Crippen molar-refractivity contribution in [3.8, 4) is 10.4 Å². The molecule has 1 atom stereocenters. The highest BCUT2D eigenvalue weighted by atomic mass is 32.1. The van der Waals surface area contributed by atoms with Gasteiger partial charge in [-0.3, -0.25) is 10.1 Å². The SMILES string of the molecule is CCNC(=O)NC(=O)[C@H](C)OC(=O)c1ccc(-c2ccccc2)s1. The molecule has 0 unspecified atom stereocenters. The zero-order valence-corrected chi connectivity index (χ0v) is 14.2. The van der Waals surface area contributed by atoms with E-state index in [4.69, 9.17) is 4.74 Å². The molecule has 0 aliphatic rings. The Hall–Kier alpha value is -2.67. The van der Waals surface area contributed by atoms with Gasteiger partial charge in [0.25, 0.3) is 5.91 Å². The van der Waals surface area contributed by atoms with Crippen LogP contribution in [0.2, 0.25) is 0 Å². The van der Waals surface area contributed by atoms with Crippen LogP contribution < -0.4 is 10.6 Å². The first-order valence-electron chi connectivity index (χ1n) is 7.46. The predicted octanol–water partition coefficient (Wildman–Crippen LogP) is 2.81. The first-order chi connectivity index (χ1) is 11.5. The van der Waals surface area contributed by atoms with E-state index in [2.05, 4.69) is 10.6 Å². The van der Waals surface area contributed by atoms with Gasteiger partial charge in [0, 0.05) is 11.4 Å². The van der Waals surface area contributed by atoms with E-state index in [1.54, 1.807) is 13.0 Å². The summed E-state index contributed by atoms with van der Waals surface area (Å²) >= 11 is 1.28. The number of benzene rings is 1. The lowest BCUT2D eigenvalue weighted by molar-refractivity contribution is -0.127. The minimum absolute atomic E-state index is 0.394. The van der Waals surface area contributed by atoms with Crippen LogP contribution in [0.4, 0.5) is 4.79 Å². The van der Waals surface area contributed by atoms with Crippen molar-refractivity contribution < 1.29 is 19.1 Å². The molecule has 0 saturated carbocycles. The lowest BCUT2D eigenvalue weighted by Crippen LogP contribution is -2.44. The third-order valence-electron chi connectivity index (χ3n) is 3.09. The maximum atomic E-state index is 12.1. The number of nitrogens with one attached hydrogen (secondary N) is 2. The quantitative estimate of drug-likeness (QED) is 0.815. The van der Waals surface area contributed by atoms with E-state index in [0.29, 0.717) is 11.4 Å². The molecule has 0 aliphatic heterocycles. The normalized spacial score (nSPS) is 11.4. The molecule has 0 fully saturated rings. The summed E-state index contributed by atoms with van der Waals surface area (Å²) in [5, 5.41) is 4.53. The number of carbonyl (C=O) groups excluding carboxylic acids is 3. The lowest BCUT2D eigenvalue weighted by Gasteiger charge is -2.12. The number of imide groups is 1. The Morgan fingerprint density at radius 3 is 2.50 bits per heavy atom. The molecule has 0 saturated heterocycles. The average Bonchev–Trinajstić information content (AvgIpc) is 3.06. The van der Waals surface area contributed by atoms with Gasteiger partial charge in [0.15, 0.2) is 6.10 Å². The second-order valence-electron chi connectivity index (χ2n) is 4.93. The molecule has 0 bridgehead atoms. The minimum Gasteiger partial charge on any atom is -0.448 e. The zero-order chi connectivity index (χ0) is 17.5. The summed E-state index contributed by atoms with van der Waals surface area (Å²) in [5.41, 5.74) is 1.00. The summed E-state index contributed by atoms with van der Waals surface area (Å²) in [7, 11) is 0. The summed E-state index contributed by atoms with van der Waals surface area (Å²) in [6, 6.07) is 12.5. The summed E-state index contributed by atoms with van der Waals surface area (Å²) in [4.78, 5) is 36.5.